The van der Waals surface area contributed by atoms with Gasteiger partial charge in [-0.1, -0.05) is 30.3 Å². The summed E-state index contributed by atoms with van der Waals surface area (Å²) >= 11 is 5.47. The molecule has 0 aliphatic heterocycles. The molecule has 0 aliphatic rings. The smallest absolute Gasteiger partial charge is 0.460 e. The summed E-state index contributed by atoms with van der Waals surface area (Å²) in [5.74, 6) is -14.1. The fraction of sp³-hybridized carbons (Fsp3) is 0.250. The molecule has 3 N–H and O–H groups in total. The van der Waals surface area contributed by atoms with Crippen molar-refractivity contribution in [3.8, 4) is 0 Å². The van der Waals surface area contributed by atoms with Crippen molar-refractivity contribution < 1.29 is 48.1 Å². The Morgan fingerprint density at radius 2 is 1.48 bits per heavy atom. The first-order valence-corrected chi connectivity index (χ1v) is 5.92. The lowest BCUT2D eigenvalue weighted by atomic mass is 10.1. The highest BCUT2D eigenvalue weighted by Gasteiger charge is 2.76. The van der Waals surface area contributed by atoms with Crippen LogP contribution in [0.25, 0.3) is 6.08 Å². The number of hydrogen-bond acceptors (Lipinski definition) is 0. The van der Waals surface area contributed by atoms with Crippen molar-refractivity contribution in [3.63, 3.8) is 0 Å². The molecule has 1 aromatic rings. The average molecular weight is 385 g/mol. The zero-order chi connectivity index (χ0) is 17.2. The van der Waals surface area contributed by atoms with E-state index < -0.39 is 29.0 Å². The van der Waals surface area contributed by atoms with Crippen molar-refractivity contribution in [1.29, 1.82) is 0 Å². The Hall–Kier alpha value is -1.48. The fourth-order valence-corrected chi connectivity index (χ4v) is 1.51. The van der Waals surface area contributed by atoms with E-state index in [0.29, 0.717) is 5.56 Å². The molecule has 1 aromatic carbocycles. The molecule has 1 rings (SSSR count). The van der Waals surface area contributed by atoms with Crippen LogP contribution in [0.1, 0.15) is 5.56 Å². The summed E-state index contributed by atoms with van der Waals surface area (Å²) in [7, 11) is 0. The van der Waals surface area contributed by atoms with Gasteiger partial charge in [0.2, 0.25) is 0 Å². The van der Waals surface area contributed by atoms with Crippen molar-refractivity contribution in [2.75, 3.05) is 0 Å². The first-order valence-electron chi connectivity index (χ1n) is 5.54. The van der Waals surface area contributed by atoms with Crippen molar-refractivity contribution in [2.45, 2.75) is 18.0 Å². The second kappa shape index (κ2) is 7.39. The van der Waals surface area contributed by atoms with Gasteiger partial charge in [-0.3, -0.25) is 5.73 Å². The molecule has 0 bridgehead atoms. The third kappa shape index (κ3) is 4.74. The minimum absolute atomic E-state index is 0. The average Bonchev–Trinajstić information content (AvgIpc) is 2.37. The number of nitrogens with two attached hydrogens (primary N) is 1. The number of halogens is 9. The van der Waals surface area contributed by atoms with Gasteiger partial charge in [-0.05, 0) is 17.2 Å². The monoisotopic (exact) mass is 384 g/mol. The number of nitrogens with one attached hydrogen (secondary N) is 1. The predicted octanol–water partition coefficient (Wildman–Crippen LogP) is -0.502. The molecule has 130 valence electrons. The molecule has 11 heteroatoms. The van der Waals surface area contributed by atoms with E-state index in [9.17, 15) is 30.7 Å². The Balaban J connectivity index is 0.00000484. The summed E-state index contributed by atoms with van der Waals surface area (Å²) in [6.45, 7) is 0. The van der Waals surface area contributed by atoms with Crippen LogP contribution in [-0.2, 0) is 0 Å². The van der Waals surface area contributed by atoms with Crippen molar-refractivity contribution in [2.24, 2.45) is 5.73 Å². The molecule has 0 heterocycles. The topological polar surface area (TPSA) is 40.0 Å². The maximum absolute atomic E-state index is 13.2. The molecule has 0 unspecified atom stereocenters. The summed E-state index contributed by atoms with van der Waals surface area (Å²) in [5, 5.41) is -0.652. The summed E-state index contributed by atoms with van der Waals surface area (Å²) in [6.07, 6.45) is -5.45. The van der Waals surface area contributed by atoms with Gasteiger partial charge in [0.25, 0.3) is 0 Å². The molecular formula is C12H9Cl2F7N2. The molecule has 2 nitrogen and oxygen atoms in total. The minimum Gasteiger partial charge on any atom is -1.00 e. The zero-order valence-corrected chi connectivity index (χ0v) is 12.5. The van der Waals surface area contributed by atoms with Gasteiger partial charge in [-0.25, -0.2) is 4.99 Å². The van der Waals surface area contributed by atoms with Gasteiger partial charge in [0.15, 0.2) is 5.16 Å². The van der Waals surface area contributed by atoms with Crippen LogP contribution in [0.2, 0.25) is 0 Å². The van der Waals surface area contributed by atoms with Crippen molar-refractivity contribution in [3.05, 3.63) is 41.1 Å². The first-order chi connectivity index (χ1) is 9.89. The molecule has 0 aromatic heterocycles. The van der Waals surface area contributed by atoms with E-state index in [4.69, 9.17) is 11.6 Å². The number of amidine groups is 1. The largest absolute Gasteiger partial charge is 1.00 e. The van der Waals surface area contributed by atoms with Gasteiger partial charge in [0, 0.05) is 6.08 Å². The molecule has 0 saturated heterocycles. The first kappa shape index (κ1) is 21.5. The van der Waals surface area contributed by atoms with E-state index in [0.717, 1.165) is 6.08 Å². The molecule has 0 amide bonds. The van der Waals surface area contributed by atoms with Crippen LogP contribution in [0.4, 0.5) is 30.7 Å². The van der Waals surface area contributed by atoms with Crippen molar-refractivity contribution in [1.82, 2.24) is 0 Å². The Morgan fingerprint density at radius 1 is 1.00 bits per heavy atom. The molecule has 0 fully saturated rings. The number of benzene rings is 1. The maximum Gasteiger partial charge on any atom is 0.460 e. The SMILES string of the molecule is N/C(=[NH+]/C(Cl)=C\c1ccccc1)C(F)(F)C(F)(F)C(F)(F)F.[Cl-]. The van der Waals surface area contributed by atoms with E-state index in [1.54, 1.807) is 18.2 Å². The van der Waals surface area contributed by atoms with Crippen LogP contribution < -0.4 is 23.1 Å². The lowest BCUT2D eigenvalue weighted by Crippen LogP contribution is -3.00. The zero-order valence-electron chi connectivity index (χ0n) is 10.9. The third-order valence-electron chi connectivity index (χ3n) is 2.44. The van der Waals surface area contributed by atoms with E-state index >= 15 is 0 Å². The molecule has 23 heavy (non-hydrogen) atoms. The van der Waals surface area contributed by atoms with Crippen LogP contribution in [0.5, 0.6) is 0 Å². The Bertz CT molecular complexity index is 583. The molecule has 0 spiro atoms. The Morgan fingerprint density at radius 3 is 1.91 bits per heavy atom. The highest BCUT2D eigenvalue weighted by atomic mass is 35.5. The molecule has 0 radical (unpaired) electrons. The van der Waals surface area contributed by atoms with Gasteiger partial charge in [0.05, 0.1) is 0 Å². The van der Waals surface area contributed by atoms with Gasteiger partial charge in [-0.15, -0.1) is 0 Å². The van der Waals surface area contributed by atoms with Crippen LogP contribution >= 0.6 is 11.6 Å². The highest BCUT2D eigenvalue weighted by molar-refractivity contribution is 6.29. The summed E-state index contributed by atoms with van der Waals surface area (Å²) in [4.78, 5) is 1.44. The predicted molar refractivity (Wildman–Crippen MR) is 66.4 cm³/mol. The van der Waals surface area contributed by atoms with E-state index in [-0.39, 0.29) is 12.4 Å². The minimum atomic E-state index is -6.47. The molecule has 0 atom stereocenters. The number of alkyl halides is 7. The van der Waals surface area contributed by atoms with Gasteiger partial charge < -0.3 is 12.4 Å². The van der Waals surface area contributed by atoms with Gasteiger partial charge in [-0.2, -0.15) is 30.7 Å². The fourth-order valence-electron chi connectivity index (χ4n) is 1.29. The third-order valence-corrected chi connectivity index (χ3v) is 2.64. The van der Waals surface area contributed by atoms with E-state index in [2.05, 4.69) is 5.73 Å². The number of rotatable bonds is 4. The van der Waals surface area contributed by atoms with E-state index in [1.807, 2.05) is 0 Å². The summed E-state index contributed by atoms with van der Waals surface area (Å²) in [6, 6.07) is 7.74. The highest BCUT2D eigenvalue weighted by Crippen LogP contribution is 2.45. The standard InChI is InChI=1S/C12H8ClF7N2.ClH/c13-8(6-7-4-2-1-3-5-7)22-9(21)10(14,15)11(16,17)12(18,19)20;/h1-6H,(H2,21,22);1H/b8-6-;. The van der Waals surface area contributed by atoms with E-state index in [1.165, 1.54) is 17.1 Å². The van der Waals surface area contributed by atoms with Gasteiger partial charge in [0.1, 0.15) is 0 Å². The van der Waals surface area contributed by atoms with Crippen LogP contribution in [0, 0.1) is 0 Å². The second-order valence-electron chi connectivity index (χ2n) is 4.09. The molecule has 0 saturated carbocycles. The number of hydrogen-bond donors (Lipinski definition) is 2. The van der Waals surface area contributed by atoms with Crippen LogP contribution in [0.3, 0.4) is 0 Å². The lowest BCUT2D eigenvalue weighted by Gasteiger charge is -2.25. The van der Waals surface area contributed by atoms with Gasteiger partial charge >= 0.3 is 23.9 Å². The summed E-state index contributed by atoms with van der Waals surface area (Å²) < 4.78 is 87.9. The molecule has 0 aliphatic carbocycles. The summed E-state index contributed by atoms with van der Waals surface area (Å²) in [5.41, 5.74) is 5.03. The van der Waals surface area contributed by atoms with Crippen molar-refractivity contribution >= 4 is 23.5 Å². The second-order valence-corrected chi connectivity index (χ2v) is 4.50. The van der Waals surface area contributed by atoms with Crippen LogP contribution in [0.15, 0.2) is 35.5 Å². The Labute approximate surface area is 137 Å². The quantitative estimate of drug-likeness (QED) is 0.312. The Kier molecular flexibility index (Phi) is 6.92. The molecular weight excluding hydrogens is 376 g/mol. The normalized spacial score (nSPS) is 14.4. The lowest BCUT2D eigenvalue weighted by molar-refractivity contribution is -0.407. The maximum atomic E-state index is 13.2. The van der Waals surface area contributed by atoms with Crippen LogP contribution in [-0.4, -0.2) is 23.9 Å².